The summed E-state index contributed by atoms with van der Waals surface area (Å²) in [5, 5.41) is 8.86. The molecule has 0 radical (unpaired) electrons. The molecular weight excluding hydrogens is 355 g/mol. The fraction of sp³-hybridized carbons (Fsp3) is 0.353. The number of benzene rings is 1. The van der Waals surface area contributed by atoms with Crippen LogP contribution in [0.15, 0.2) is 24.5 Å². The summed E-state index contributed by atoms with van der Waals surface area (Å²) >= 11 is 0. The van der Waals surface area contributed by atoms with Crippen LogP contribution in [0.3, 0.4) is 0 Å². The second-order valence-electron chi connectivity index (χ2n) is 6.49. The monoisotopic (exact) mass is 372 g/mol. The van der Waals surface area contributed by atoms with Gasteiger partial charge in [-0.1, -0.05) is 0 Å². The lowest BCUT2D eigenvalue weighted by molar-refractivity contribution is -0.136. The second kappa shape index (κ2) is 6.78. The normalized spacial score (nSPS) is 19.4. The molecule has 10 heteroatoms. The first-order valence-corrected chi connectivity index (χ1v) is 8.55. The Bertz CT molecular complexity index is 892. The first kappa shape index (κ1) is 17.1. The molecule has 1 atom stereocenters. The number of anilines is 1. The van der Waals surface area contributed by atoms with Gasteiger partial charge in [0.15, 0.2) is 0 Å². The van der Waals surface area contributed by atoms with Gasteiger partial charge in [-0.3, -0.25) is 19.5 Å². The Morgan fingerprint density at radius 2 is 1.89 bits per heavy atom. The lowest BCUT2D eigenvalue weighted by Crippen LogP contribution is -2.52. The Morgan fingerprint density at radius 3 is 2.59 bits per heavy atom. The van der Waals surface area contributed by atoms with Crippen LogP contribution < -0.4 is 5.32 Å². The summed E-state index contributed by atoms with van der Waals surface area (Å²) < 4.78 is 13.6. The first-order valence-electron chi connectivity index (χ1n) is 8.55. The van der Waals surface area contributed by atoms with Gasteiger partial charge in [0.2, 0.25) is 17.6 Å². The number of hydrogen-bond acceptors (Lipinski definition) is 5. The van der Waals surface area contributed by atoms with Crippen LogP contribution in [0.25, 0.3) is 0 Å². The molecule has 1 fully saturated rings. The number of amides is 3. The number of fused-ring (bicyclic) bond motifs is 1. The van der Waals surface area contributed by atoms with E-state index in [-0.39, 0.29) is 30.0 Å². The molecule has 0 unspecified atom stereocenters. The molecule has 2 aromatic rings. The third-order valence-corrected chi connectivity index (χ3v) is 4.85. The van der Waals surface area contributed by atoms with Crippen molar-refractivity contribution in [3.05, 3.63) is 41.7 Å². The topological polar surface area (TPSA) is 111 Å². The van der Waals surface area contributed by atoms with E-state index in [1.807, 2.05) is 0 Å². The Morgan fingerprint density at radius 1 is 1.15 bits per heavy atom. The molecule has 1 aromatic heterocycles. The van der Waals surface area contributed by atoms with Crippen LogP contribution in [0.2, 0.25) is 0 Å². The molecule has 3 amide bonds. The Hall–Kier alpha value is -3.30. The summed E-state index contributed by atoms with van der Waals surface area (Å²) in [4.78, 5) is 44.2. The molecule has 4 rings (SSSR count). The number of carbonyl (C=O) groups excluding carboxylic acids is 3. The van der Waals surface area contributed by atoms with Crippen molar-refractivity contribution in [3.63, 3.8) is 0 Å². The summed E-state index contributed by atoms with van der Waals surface area (Å²) in [5.41, 5.74) is 0.949. The van der Waals surface area contributed by atoms with E-state index in [0.717, 1.165) is 0 Å². The molecule has 0 saturated carbocycles. The Kier molecular flexibility index (Phi) is 4.30. The second-order valence-corrected chi connectivity index (χ2v) is 6.49. The minimum Gasteiger partial charge on any atom is -0.339 e. The summed E-state index contributed by atoms with van der Waals surface area (Å²) in [6.07, 6.45) is 1.24. The Labute approximate surface area is 153 Å². The smallest absolute Gasteiger partial charge is 0.291 e. The summed E-state index contributed by atoms with van der Waals surface area (Å²) in [5.74, 6) is -1.80. The van der Waals surface area contributed by atoms with Gasteiger partial charge in [0, 0.05) is 38.3 Å². The van der Waals surface area contributed by atoms with Crippen molar-refractivity contribution in [1.82, 2.24) is 25.0 Å². The van der Waals surface area contributed by atoms with E-state index in [0.29, 0.717) is 37.4 Å². The predicted molar refractivity (Wildman–Crippen MR) is 91.3 cm³/mol. The number of halogens is 1. The van der Waals surface area contributed by atoms with Crippen LogP contribution in [0, 0.1) is 5.82 Å². The van der Waals surface area contributed by atoms with E-state index in [1.165, 1.54) is 24.5 Å². The number of hydrogen-bond donors (Lipinski definition) is 2. The van der Waals surface area contributed by atoms with E-state index in [9.17, 15) is 18.8 Å². The standard InChI is InChI=1S/C17H17FN6O3/c18-10-1-2-13-11(7-10)12(8-14(25)21-13)16(26)23-3-5-24(6-4-23)17(27)15-19-9-20-22-15/h1-2,7,9,12H,3-6,8H2,(H,21,25)(H,19,20,22)/t12-/m1/s1. The van der Waals surface area contributed by atoms with Crippen molar-refractivity contribution in [1.29, 1.82) is 0 Å². The van der Waals surface area contributed by atoms with E-state index in [1.54, 1.807) is 9.80 Å². The number of H-pyrrole nitrogens is 1. The summed E-state index contributed by atoms with van der Waals surface area (Å²) in [7, 11) is 0. The van der Waals surface area contributed by atoms with Crippen LogP contribution in [0.1, 0.15) is 28.5 Å². The van der Waals surface area contributed by atoms with Gasteiger partial charge in [-0.25, -0.2) is 9.37 Å². The number of nitrogens with zero attached hydrogens (tertiary/aromatic N) is 4. The molecule has 140 valence electrons. The molecule has 3 heterocycles. The van der Waals surface area contributed by atoms with Crippen LogP contribution in [0.4, 0.5) is 10.1 Å². The number of carbonyl (C=O) groups is 3. The zero-order valence-electron chi connectivity index (χ0n) is 14.3. The van der Waals surface area contributed by atoms with Crippen LogP contribution >= 0.6 is 0 Å². The van der Waals surface area contributed by atoms with Crippen molar-refractivity contribution in [2.45, 2.75) is 12.3 Å². The zero-order valence-corrected chi connectivity index (χ0v) is 14.3. The van der Waals surface area contributed by atoms with Crippen molar-refractivity contribution in [2.24, 2.45) is 0 Å². The van der Waals surface area contributed by atoms with Gasteiger partial charge in [-0.2, -0.15) is 5.10 Å². The average Bonchev–Trinajstić information content (AvgIpc) is 3.21. The predicted octanol–water partition coefficient (Wildman–Crippen LogP) is 0.354. The molecule has 1 aromatic carbocycles. The molecule has 1 saturated heterocycles. The molecule has 27 heavy (non-hydrogen) atoms. The molecule has 0 aliphatic carbocycles. The number of aromatic amines is 1. The fourth-order valence-electron chi connectivity index (χ4n) is 3.46. The van der Waals surface area contributed by atoms with E-state index < -0.39 is 11.7 Å². The van der Waals surface area contributed by atoms with Gasteiger partial charge in [0.05, 0.1) is 5.92 Å². The molecule has 2 aliphatic rings. The maximum absolute atomic E-state index is 13.6. The Balaban J connectivity index is 1.46. The molecule has 9 nitrogen and oxygen atoms in total. The van der Waals surface area contributed by atoms with Crippen LogP contribution in [0.5, 0.6) is 0 Å². The summed E-state index contributed by atoms with van der Waals surface area (Å²) in [6, 6.07) is 4.01. The molecule has 0 spiro atoms. The van der Waals surface area contributed by atoms with E-state index >= 15 is 0 Å². The SMILES string of the molecule is O=C1C[C@@H](C(=O)N2CCN(C(=O)c3ncn[nH]3)CC2)c2cc(F)ccc2N1. The third kappa shape index (κ3) is 3.25. The lowest BCUT2D eigenvalue weighted by atomic mass is 9.89. The summed E-state index contributed by atoms with van der Waals surface area (Å²) in [6.45, 7) is 1.36. The first-order chi connectivity index (χ1) is 13.0. The minimum absolute atomic E-state index is 0.0213. The number of rotatable bonds is 2. The van der Waals surface area contributed by atoms with Gasteiger partial charge in [0.1, 0.15) is 12.1 Å². The highest BCUT2D eigenvalue weighted by Crippen LogP contribution is 2.34. The highest BCUT2D eigenvalue weighted by Gasteiger charge is 2.35. The van der Waals surface area contributed by atoms with E-state index in [4.69, 9.17) is 0 Å². The van der Waals surface area contributed by atoms with Gasteiger partial charge < -0.3 is 15.1 Å². The van der Waals surface area contributed by atoms with Crippen LogP contribution in [-0.4, -0.2) is 68.9 Å². The van der Waals surface area contributed by atoms with Crippen molar-refractivity contribution < 1.29 is 18.8 Å². The number of piperazine rings is 1. The number of nitrogens with one attached hydrogen (secondary N) is 2. The average molecular weight is 372 g/mol. The third-order valence-electron chi connectivity index (χ3n) is 4.85. The molecule has 0 bridgehead atoms. The fourth-order valence-corrected chi connectivity index (χ4v) is 3.46. The van der Waals surface area contributed by atoms with Crippen molar-refractivity contribution in [3.8, 4) is 0 Å². The van der Waals surface area contributed by atoms with Crippen molar-refractivity contribution >= 4 is 23.4 Å². The molecule has 2 N–H and O–H groups in total. The highest BCUT2D eigenvalue weighted by atomic mass is 19.1. The maximum atomic E-state index is 13.6. The largest absolute Gasteiger partial charge is 0.339 e. The van der Waals surface area contributed by atoms with E-state index in [2.05, 4.69) is 20.5 Å². The zero-order chi connectivity index (χ0) is 19.0. The minimum atomic E-state index is -0.721. The van der Waals surface area contributed by atoms with Crippen LogP contribution in [-0.2, 0) is 9.59 Å². The van der Waals surface area contributed by atoms with Gasteiger partial charge >= 0.3 is 0 Å². The molecule has 2 aliphatic heterocycles. The quantitative estimate of drug-likeness (QED) is 0.790. The molecular formula is C17H17FN6O3. The van der Waals surface area contributed by atoms with Gasteiger partial charge in [-0.05, 0) is 23.8 Å². The lowest BCUT2D eigenvalue weighted by Gasteiger charge is -2.37. The van der Waals surface area contributed by atoms with Gasteiger partial charge in [0.25, 0.3) is 5.91 Å². The highest BCUT2D eigenvalue weighted by molar-refractivity contribution is 6.01. The van der Waals surface area contributed by atoms with Crippen molar-refractivity contribution in [2.75, 3.05) is 31.5 Å². The number of aromatic nitrogens is 3. The van der Waals surface area contributed by atoms with Gasteiger partial charge in [-0.15, -0.1) is 0 Å². The maximum Gasteiger partial charge on any atom is 0.291 e.